The lowest BCUT2D eigenvalue weighted by atomic mass is 10.00. The number of para-hydroxylation sites is 1. The van der Waals surface area contributed by atoms with Gasteiger partial charge >= 0.3 is 5.97 Å². The Labute approximate surface area is 104 Å². The van der Waals surface area contributed by atoms with E-state index in [1.165, 1.54) is 4.57 Å². The van der Waals surface area contributed by atoms with Crippen LogP contribution in [0.1, 0.15) is 28.4 Å². The van der Waals surface area contributed by atoms with Crippen molar-refractivity contribution in [2.45, 2.75) is 20.3 Å². The summed E-state index contributed by atoms with van der Waals surface area (Å²) in [5.74, 6) is -1.05. The predicted molar refractivity (Wildman–Crippen MR) is 70.3 cm³/mol. The highest BCUT2D eigenvalue weighted by molar-refractivity contribution is 6.04. The molecule has 1 N–H and O–H groups in total. The highest BCUT2D eigenvalue weighted by atomic mass is 16.4. The third-order valence-corrected chi connectivity index (χ3v) is 3.32. The topological polar surface area (TPSA) is 59.3 Å². The first-order valence-corrected chi connectivity index (χ1v) is 5.83. The maximum absolute atomic E-state index is 12.1. The number of aromatic nitrogens is 1. The third-order valence-electron chi connectivity index (χ3n) is 3.32. The average Bonchev–Trinajstić information content (AvgIpc) is 2.35. The van der Waals surface area contributed by atoms with Crippen LogP contribution < -0.4 is 5.56 Å². The van der Waals surface area contributed by atoms with Crippen LogP contribution in [-0.4, -0.2) is 15.6 Å². The molecule has 2 aromatic rings. The van der Waals surface area contributed by atoms with Gasteiger partial charge in [-0.1, -0.05) is 25.1 Å². The molecule has 0 saturated heterocycles. The summed E-state index contributed by atoms with van der Waals surface area (Å²) in [4.78, 5) is 23.4. The van der Waals surface area contributed by atoms with Gasteiger partial charge in [0, 0.05) is 18.0 Å². The zero-order chi connectivity index (χ0) is 13.4. The minimum Gasteiger partial charge on any atom is -0.478 e. The van der Waals surface area contributed by atoms with Crippen molar-refractivity contribution in [1.82, 2.24) is 4.57 Å². The van der Waals surface area contributed by atoms with Crippen LogP contribution in [0.3, 0.4) is 0 Å². The van der Waals surface area contributed by atoms with Gasteiger partial charge in [0.1, 0.15) is 0 Å². The van der Waals surface area contributed by atoms with E-state index >= 15 is 0 Å². The number of hydrogen-bond acceptors (Lipinski definition) is 2. The van der Waals surface area contributed by atoms with Gasteiger partial charge in [-0.3, -0.25) is 4.79 Å². The first-order valence-electron chi connectivity index (χ1n) is 5.83. The van der Waals surface area contributed by atoms with Gasteiger partial charge < -0.3 is 9.67 Å². The van der Waals surface area contributed by atoms with E-state index in [4.69, 9.17) is 0 Å². The lowest BCUT2D eigenvalue weighted by Crippen LogP contribution is -2.24. The van der Waals surface area contributed by atoms with E-state index < -0.39 is 5.97 Å². The SMILES string of the molecule is CCc1cccc2c(C(=O)O)c(C)c(=O)n(C)c12. The maximum Gasteiger partial charge on any atom is 0.336 e. The van der Waals surface area contributed by atoms with Crippen LogP contribution in [0, 0.1) is 6.92 Å². The number of aromatic carboxylic acids is 1. The number of nitrogens with zero attached hydrogens (tertiary/aromatic N) is 1. The predicted octanol–water partition coefficient (Wildman–Crippen LogP) is 2.11. The number of aryl methyl sites for hydroxylation is 2. The maximum atomic E-state index is 12.1. The number of hydrogen-bond donors (Lipinski definition) is 1. The summed E-state index contributed by atoms with van der Waals surface area (Å²) in [6.45, 7) is 3.55. The second-order valence-corrected chi connectivity index (χ2v) is 4.34. The van der Waals surface area contributed by atoms with Gasteiger partial charge in [-0.05, 0) is 18.9 Å². The van der Waals surface area contributed by atoms with Crippen molar-refractivity contribution in [1.29, 1.82) is 0 Å². The molecular weight excluding hydrogens is 230 g/mol. The molecule has 0 unspecified atom stereocenters. The first kappa shape index (κ1) is 12.4. The smallest absolute Gasteiger partial charge is 0.336 e. The molecule has 1 aromatic heterocycles. The molecule has 18 heavy (non-hydrogen) atoms. The van der Waals surface area contributed by atoms with Crippen molar-refractivity contribution in [3.05, 3.63) is 45.2 Å². The quantitative estimate of drug-likeness (QED) is 0.881. The van der Waals surface area contributed by atoms with E-state index in [2.05, 4.69) is 0 Å². The Hall–Kier alpha value is -2.10. The zero-order valence-electron chi connectivity index (χ0n) is 10.7. The zero-order valence-corrected chi connectivity index (χ0v) is 10.7. The number of carboxylic acid groups (broad SMARTS) is 1. The van der Waals surface area contributed by atoms with Crippen LogP contribution in [0.15, 0.2) is 23.0 Å². The molecule has 4 nitrogen and oxygen atoms in total. The molecule has 0 aliphatic rings. The van der Waals surface area contributed by atoms with Gasteiger partial charge in [0.2, 0.25) is 0 Å². The first-order chi connectivity index (χ1) is 8.49. The minimum absolute atomic E-state index is 0.114. The largest absolute Gasteiger partial charge is 0.478 e. The monoisotopic (exact) mass is 245 g/mol. The summed E-state index contributed by atoms with van der Waals surface area (Å²) in [6, 6.07) is 5.50. The lowest BCUT2D eigenvalue weighted by Gasteiger charge is -2.13. The van der Waals surface area contributed by atoms with Crippen molar-refractivity contribution < 1.29 is 9.90 Å². The van der Waals surface area contributed by atoms with Crippen molar-refractivity contribution in [3.63, 3.8) is 0 Å². The molecular formula is C14H15NO3. The van der Waals surface area contributed by atoms with Crippen molar-refractivity contribution in [3.8, 4) is 0 Å². The molecule has 94 valence electrons. The molecule has 0 radical (unpaired) electrons. The van der Waals surface area contributed by atoms with Crippen LogP contribution >= 0.6 is 0 Å². The van der Waals surface area contributed by atoms with E-state index in [-0.39, 0.29) is 16.7 Å². The van der Waals surface area contributed by atoms with E-state index in [1.807, 2.05) is 19.1 Å². The second-order valence-electron chi connectivity index (χ2n) is 4.34. The van der Waals surface area contributed by atoms with Crippen LogP contribution in [0.2, 0.25) is 0 Å². The summed E-state index contributed by atoms with van der Waals surface area (Å²) in [6.07, 6.45) is 0.757. The Bertz CT molecular complexity index is 698. The standard InChI is InChI=1S/C14H15NO3/c1-4-9-6-5-7-10-11(14(17)18)8(2)13(16)15(3)12(9)10/h5-7H,4H2,1-3H3,(H,17,18). The van der Waals surface area contributed by atoms with Crippen molar-refractivity contribution in [2.75, 3.05) is 0 Å². The normalized spacial score (nSPS) is 10.8. The number of fused-ring (bicyclic) bond motifs is 1. The molecule has 0 saturated carbocycles. The summed E-state index contributed by atoms with van der Waals surface area (Å²) < 4.78 is 1.54. The second kappa shape index (κ2) is 4.29. The van der Waals surface area contributed by atoms with Gasteiger partial charge in [0.15, 0.2) is 0 Å². The van der Waals surface area contributed by atoms with Crippen LogP contribution in [-0.2, 0) is 13.5 Å². The summed E-state index contributed by atoms with van der Waals surface area (Å²) in [7, 11) is 1.68. The van der Waals surface area contributed by atoms with Gasteiger partial charge in [-0.15, -0.1) is 0 Å². The van der Waals surface area contributed by atoms with E-state index in [1.54, 1.807) is 20.0 Å². The summed E-state index contributed by atoms with van der Waals surface area (Å²) in [5, 5.41) is 9.92. The highest BCUT2D eigenvalue weighted by Crippen LogP contribution is 2.23. The average molecular weight is 245 g/mol. The molecule has 2 rings (SSSR count). The molecule has 0 fully saturated rings. The number of benzene rings is 1. The highest BCUT2D eigenvalue weighted by Gasteiger charge is 2.18. The van der Waals surface area contributed by atoms with Gasteiger partial charge in [-0.25, -0.2) is 4.79 Å². The van der Waals surface area contributed by atoms with Gasteiger partial charge in [-0.2, -0.15) is 0 Å². The minimum atomic E-state index is -1.05. The van der Waals surface area contributed by atoms with Crippen LogP contribution in [0.25, 0.3) is 10.9 Å². The Kier molecular flexibility index (Phi) is 2.95. The molecule has 1 heterocycles. The Morgan fingerprint density at radius 1 is 1.39 bits per heavy atom. The van der Waals surface area contributed by atoms with Crippen molar-refractivity contribution in [2.24, 2.45) is 7.05 Å². The summed E-state index contributed by atoms with van der Waals surface area (Å²) in [5.41, 5.74) is 1.84. The van der Waals surface area contributed by atoms with Gasteiger partial charge in [0.05, 0.1) is 11.1 Å². The molecule has 0 atom stereocenters. The Balaban J connectivity index is 3.12. The molecule has 4 heteroatoms. The number of pyridine rings is 1. The molecule has 0 aliphatic carbocycles. The molecule has 1 aromatic carbocycles. The summed E-state index contributed by atoms with van der Waals surface area (Å²) >= 11 is 0. The molecule has 0 aliphatic heterocycles. The molecule has 0 amide bonds. The number of rotatable bonds is 2. The van der Waals surface area contributed by atoms with Crippen LogP contribution in [0.4, 0.5) is 0 Å². The van der Waals surface area contributed by atoms with E-state index in [9.17, 15) is 14.7 Å². The third kappa shape index (κ3) is 1.61. The van der Waals surface area contributed by atoms with E-state index in [0.717, 1.165) is 12.0 Å². The van der Waals surface area contributed by atoms with Gasteiger partial charge in [0.25, 0.3) is 5.56 Å². The fourth-order valence-electron chi connectivity index (χ4n) is 2.41. The lowest BCUT2D eigenvalue weighted by molar-refractivity contribution is 0.0698. The fourth-order valence-corrected chi connectivity index (χ4v) is 2.41. The Morgan fingerprint density at radius 2 is 2.06 bits per heavy atom. The number of carbonyl (C=O) groups is 1. The Morgan fingerprint density at radius 3 is 2.61 bits per heavy atom. The van der Waals surface area contributed by atoms with E-state index in [0.29, 0.717) is 10.9 Å². The van der Waals surface area contributed by atoms with Crippen LogP contribution in [0.5, 0.6) is 0 Å². The fraction of sp³-hybridized carbons (Fsp3) is 0.286. The van der Waals surface area contributed by atoms with Crippen molar-refractivity contribution >= 4 is 16.9 Å². The molecule has 0 spiro atoms. The molecule has 0 bridgehead atoms. The number of carboxylic acids is 1.